The highest BCUT2D eigenvalue weighted by atomic mass is 35.5. The van der Waals surface area contributed by atoms with Gasteiger partial charge in [0, 0.05) is 36.0 Å². The highest BCUT2D eigenvalue weighted by molar-refractivity contribution is 6.38. The lowest BCUT2D eigenvalue weighted by molar-refractivity contribution is 0.258. The van der Waals surface area contributed by atoms with E-state index in [1.807, 2.05) is 91.8 Å². The Morgan fingerprint density at radius 3 is 1.61 bits per heavy atom. The van der Waals surface area contributed by atoms with Crippen LogP contribution in [0, 0.1) is 0 Å². The number of carbonyl (C=O) groups is 2. The fourth-order valence-electron chi connectivity index (χ4n) is 4.78. The number of aromatic nitrogens is 4. The quantitative estimate of drug-likeness (QED) is 0.108. The summed E-state index contributed by atoms with van der Waals surface area (Å²) >= 11 is 13.0. The Morgan fingerprint density at radius 1 is 0.727 bits per heavy atom. The summed E-state index contributed by atoms with van der Waals surface area (Å²) in [4.78, 5) is 24.1. The maximum Gasteiger partial charge on any atom is 0.317 e. The third kappa shape index (κ3) is 5.89. The number of primary amides is 2. The van der Waals surface area contributed by atoms with Gasteiger partial charge in [-0.25, -0.2) is 9.59 Å². The van der Waals surface area contributed by atoms with Crippen molar-refractivity contribution in [2.75, 3.05) is 35.4 Å². The Labute approximate surface area is 261 Å². The molecule has 0 aliphatic carbocycles. The lowest BCUT2D eigenvalue weighted by Crippen LogP contribution is -2.19. The monoisotopic (exact) mass is 630 g/mol. The standard InChI is InChI=1S/C16H16ClN5O.C14H12ClN5O/c1-22(2)14-12(17)10(9-6-4-3-5-7-9)8-11-13(14)20-21-15(11)19-16(18)23;15-10-8(7-4-2-1-3-5-7)6-9-12(11(10)16)19-20-13(9)18-14(17)21/h3-8H,1-2H3,(H4,18,19,20,21,23);1-6H,16H2,(H4,17,18,19,20,21). The van der Waals surface area contributed by atoms with Crippen molar-refractivity contribution < 1.29 is 9.59 Å². The van der Waals surface area contributed by atoms with Crippen LogP contribution >= 0.6 is 23.2 Å². The molecule has 6 rings (SSSR count). The molecule has 4 aromatic carbocycles. The molecule has 0 saturated heterocycles. The number of benzene rings is 4. The molecule has 0 unspecified atom stereocenters. The van der Waals surface area contributed by atoms with Gasteiger partial charge in [-0.05, 0) is 23.3 Å². The molecule has 2 aromatic heterocycles. The smallest absolute Gasteiger partial charge is 0.317 e. The summed E-state index contributed by atoms with van der Waals surface area (Å²) in [5, 5.41) is 21.2. The molecule has 0 radical (unpaired) electrons. The van der Waals surface area contributed by atoms with E-state index in [1.54, 1.807) is 0 Å². The van der Waals surface area contributed by atoms with Gasteiger partial charge in [0.1, 0.15) is 0 Å². The van der Waals surface area contributed by atoms with Crippen LogP contribution < -0.4 is 32.7 Å². The summed E-state index contributed by atoms with van der Waals surface area (Å²) in [6, 6.07) is 21.7. The van der Waals surface area contributed by atoms with E-state index >= 15 is 0 Å². The number of nitrogens with two attached hydrogens (primary N) is 3. The Hall–Kier alpha value is -5.46. The molecule has 0 aliphatic rings. The van der Waals surface area contributed by atoms with E-state index in [1.165, 1.54) is 0 Å². The fraction of sp³-hybridized carbons (Fsp3) is 0.0667. The second-order valence-corrected chi connectivity index (χ2v) is 10.6. The number of fused-ring (bicyclic) bond motifs is 2. The van der Waals surface area contributed by atoms with E-state index in [4.69, 9.17) is 40.4 Å². The zero-order valence-corrected chi connectivity index (χ0v) is 25.1. The third-order valence-electron chi connectivity index (χ3n) is 6.71. The lowest BCUT2D eigenvalue weighted by Gasteiger charge is -2.18. The average Bonchev–Trinajstić information content (AvgIpc) is 3.58. The van der Waals surface area contributed by atoms with Crippen LogP contribution in [-0.2, 0) is 0 Å². The van der Waals surface area contributed by atoms with Crippen molar-refractivity contribution >= 4 is 80.1 Å². The minimum absolute atomic E-state index is 0.318. The molecule has 0 atom stereocenters. The Bertz CT molecular complexity index is 1990. The number of rotatable bonds is 5. The fourth-order valence-corrected chi connectivity index (χ4v) is 5.46. The molecule has 4 amide bonds. The summed E-state index contributed by atoms with van der Waals surface area (Å²) in [6.07, 6.45) is 0. The number of halogens is 2. The molecule has 0 spiro atoms. The number of amides is 4. The third-order valence-corrected chi connectivity index (χ3v) is 7.50. The van der Waals surface area contributed by atoms with Crippen molar-refractivity contribution in [2.24, 2.45) is 11.5 Å². The SMILES string of the molecule is CN(C)c1c(Cl)c(-c2ccccc2)cc2c(NC(N)=O)n[nH]c12.NC(=O)Nc1n[nH]c2c(N)c(Cl)c(-c3ccccc3)cc12. The molecule has 0 bridgehead atoms. The number of nitrogens with one attached hydrogen (secondary N) is 4. The van der Waals surface area contributed by atoms with Gasteiger partial charge in [0.15, 0.2) is 11.6 Å². The Balaban J connectivity index is 0.000000175. The highest BCUT2D eigenvalue weighted by Crippen LogP contribution is 2.42. The summed E-state index contributed by atoms with van der Waals surface area (Å²) < 4.78 is 0. The van der Waals surface area contributed by atoms with Crippen LogP contribution in [0.15, 0.2) is 72.8 Å². The van der Waals surface area contributed by atoms with E-state index in [0.29, 0.717) is 38.3 Å². The predicted molar refractivity (Wildman–Crippen MR) is 178 cm³/mol. The molecule has 14 heteroatoms. The van der Waals surface area contributed by atoms with Crippen LogP contribution in [0.4, 0.5) is 32.6 Å². The second kappa shape index (κ2) is 12.4. The van der Waals surface area contributed by atoms with Crippen molar-refractivity contribution in [2.45, 2.75) is 0 Å². The predicted octanol–water partition coefficient (Wildman–Crippen LogP) is 6.40. The molecule has 6 aromatic rings. The molecule has 0 fully saturated rings. The Kier molecular flexibility index (Phi) is 8.47. The van der Waals surface area contributed by atoms with Gasteiger partial charge in [0.05, 0.1) is 32.5 Å². The lowest BCUT2D eigenvalue weighted by atomic mass is 10.0. The van der Waals surface area contributed by atoms with Crippen LogP contribution in [0.2, 0.25) is 10.0 Å². The molecule has 2 heterocycles. The number of carbonyl (C=O) groups excluding carboxylic acids is 2. The molecule has 0 saturated carbocycles. The largest absolute Gasteiger partial charge is 0.396 e. The number of H-pyrrole nitrogens is 2. The second-order valence-electron chi connectivity index (χ2n) is 9.83. The van der Waals surface area contributed by atoms with Crippen molar-refractivity contribution in [3.05, 3.63) is 82.8 Å². The number of nitrogens with zero attached hydrogens (tertiary/aromatic N) is 3. The van der Waals surface area contributed by atoms with Crippen LogP contribution in [0.25, 0.3) is 44.1 Å². The van der Waals surface area contributed by atoms with Crippen molar-refractivity contribution in [1.82, 2.24) is 20.4 Å². The highest BCUT2D eigenvalue weighted by Gasteiger charge is 2.20. The number of aromatic amines is 2. The summed E-state index contributed by atoms with van der Waals surface area (Å²) in [7, 11) is 3.80. The number of hydrogen-bond acceptors (Lipinski definition) is 6. The first kappa shape index (κ1) is 30.0. The number of nitrogen functional groups attached to an aromatic ring is 1. The van der Waals surface area contributed by atoms with Gasteiger partial charge in [0.25, 0.3) is 0 Å². The molecular weight excluding hydrogens is 603 g/mol. The number of hydrogen-bond donors (Lipinski definition) is 7. The van der Waals surface area contributed by atoms with Gasteiger partial charge >= 0.3 is 12.1 Å². The average molecular weight is 632 g/mol. The van der Waals surface area contributed by atoms with Crippen LogP contribution in [0.5, 0.6) is 0 Å². The Morgan fingerprint density at radius 2 is 1.16 bits per heavy atom. The number of urea groups is 2. The first-order valence-electron chi connectivity index (χ1n) is 13.1. The number of anilines is 4. The maximum absolute atomic E-state index is 11.2. The topological polar surface area (TPSA) is 197 Å². The summed E-state index contributed by atoms with van der Waals surface area (Å²) in [5.41, 5.74) is 22.4. The van der Waals surface area contributed by atoms with Gasteiger partial charge in [-0.2, -0.15) is 10.2 Å². The van der Waals surface area contributed by atoms with Crippen molar-refractivity contribution in [1.29, 1.82) is 0 Å². The summed E-state index contributed by atoms with van der Waals surface area (Å²) in [5.74, 6) is 0.697. The maximum atomic E-state index is 11.2. The van der Waals surface area contributed by atoms with E-state index in [2.05, 4.69) is 31.0 Å². The molecule has 12 nitrogen and oxygen atoms in total. The van der Waals surface area contributed by atoms with Gasteiger partial charge < -0.3 is 22.1 Å². The molecular formula is C30H28Cl2N10O2. The minimum Gasteiger partial charge on any atom is -0.396 e. The first-order chi connectivity index (χ1) is 21.1. The zero-order chi connectivity index (χ0) is 31.5. The van der Waals surface area contributed by atoms with Crippen LogP contribution in [0.1, 0.15) is 0 Å². The van der Waals surface area contributed by atoms with E-state index in [0.717, 1.165) is 38.8 Å². The van der Waals surface area contributed by atoms with Gasteiger partial charge in [-0.15, -0.1) is 0 Å². The molecule has 10 N–H and O–H groups in total. The van der Waals surface area contributed by atoms with Crippen molar-refractivity contribution in [3.8, 4) is 22.3 Å². The summed E-state index contributed by atoms with van der Waals surface area (Å²) in [6.45, 7) is 0. The normalized spacial score (nSPS) is 10.7. The van der Waals surface area contributed by atoms with Crippen molar-refractivity contribution in [3.63, 3.8) is 0 Å². The van der Waals surface area contributed by atoms with Gasteiger partial charge in [0.2, 0.25) is 0 Å². The van der Waals surface area contributed by atoms with E-state index < -0.39 is 12.1 Å². The van der Waals surface area contributed by atoms with E-state index in [-0.39, 0.29) is 0 Å². The zero-order valence-electron chi connectivity index (χ0n) is 23.6. The first-order valence-corrected chi connectivity index (χ1v) is 13.9. The molecule has 0 aliphatic heterocycles. The van der Waals surface area contributed by atoms with Crippen LogP contribution in [0.3, 0.4) is 0 Å². The van der Waals surface area contributed by atoms with Gasteiger partial charge in [-0.1, -0.05) is 83.9 Å². The molecule has 224 valence electrons. The van der Waals surface area contributed by atoms with Gasteiger partial charge in [-0.3, -0.25) is 20.8 Å². The van der Waals surface area contributed by atoms with Crippen LogP contribution in [-0.4, -0.2) is 46.6 Å². The minimum atomic E-state index is -0.696. The van der Waals surface area contributed by atoms with E-state index in [9.17, 15) is 9.59 Å². The molecule has 44 heavy (non-hydrogen) atoms.